The fourth-order valence-electron chi connectivity index (χ4n) is 1.34. The molecule has 1 aromatic rings. The van der Waals surface area contributed by atoms with Gasteiger partial charge in [-0.05, 0) is 6.07 Å². The van der Waals surface area contributed by atoms with E-state index in [2.05, 4.69) is 10.1 Å². The van der Waals surface area contributed by atoms with Gasteiger partial charge in [0, 0.05) is 5.56 Å². The number of halogens is 2. The lowest BCUT2D eigenvalue weighted by Gasteiger charge is -2.08. The summed E-state index contributed by atoms with van der Waals surface area (Å²) in [7, 11) is 0. The Morgan fingerprint density at radius 2 is 2.21 bits per heavy atom. The molecule has 3 nitrogen and oxygen atoms in total. The summed E-state index contributed by atoms with van der Waals surface area (Å²) < 4.78 is 30.6. The Morgan fingerprint density at radius 3 is 2.86 bits per heavy atom. The molecule has 1 saturated heterocycles. The Hall–Kier alpha value is -1.65. The number of benzene rings is 1. The Bertz CT molecular complexity index is 381. The maximum absolute atomic E-state index is 13.2. The van der Waals surface area contributed by atoms with Crippen LogP contribution in [-0.2, 0) is 4.74 Å². The summed E-state index contributed by atoms with van der Waals surface area (Å²) in [5, 5.41) is 2.37. The molecule has 0 radical (unpaired) electrons. The monoisotopic (exact) mass is 199 g/mol. The second-order valence-electron chi connectivity index (χ2n) is 2.94. The van der Waals surface area contributed by atoms with E-state index in [9.17, 15) is 13.6 Å². The van der Waals surface area contributed by atoms with Gasteiger partial charge in [-0.1, -0.05) is 12.1 Å². The van der Waals surface area contributed by atoms with E-state index in [4.69, 9.17) is 0 Å². The first-order chi connectivity index (χ1) is 6.68. The molecular weight excluding hydrogens is 192 g/mol. The predicted octanol–water partition coefficient (Wildman–Crippen LogP) is 1.75. The van der Waals surface area contributed by atoms with Gasteiger partial charge in [-0.3, -0.25) is 0 Å². The average Bonchev–Trinajstić information content (AvgIpc) is 2.57. The summed E-state index contributed by atoms with van der Waals surface area (Å²) in [6.07, 6.45) is -0.612. The van der Waals surface area contributed by atoms with Crippen molar-refractivity contribution in [3.8, 4) is 0 Å². The first-order valence-electron chi connectivity index (χ1n) is 4.05. The van der Waals surface area contributed by atoms with Gasteiger partial charge in [-0.25, -0.2) is 13.6 Å². The van der Waals surface area contributed by atoms with Crippen LogP contribution in [0.25, 0.3) is 0 Å². The number of amides is 1. The van der Waals surface area contributed by atoms with E-state index in [0.717, 1.165) is 6.07 Å². The maximum atomic E-state index is 13.2. The van der Waals surface area contributed by atoms with Gasteiger partial charge in [-0.15, -0.1) is 0 Å². The number of carbonyl (C=O) groups is 1. The molecule has 1 aromatic carbocycles. The number of cyclic esters (lactones) is 1. The number of hydrogen-bond donors (Lipinski definition) is 1. The van der Waals surface area contributed by atoms with Crippen LogP contribution in [0, 0.1) is 11.6 Å². The standard InChI is InChI=1S/C9H7F2NO2/c10-6-3-1-2-5(8(6)11)7-4-14-9(13)12-7/h1-3,7H,4H2,(H,12,13). The Labute approximate surface area is 78.7 Å². The summed E-state index contributed by atoms with van der Waals surface area (Å²) >= 11 is 0. The molecule has 1 unspecified atom stereocenters. The number of rotatable bonds is 1. The molecule has 1 amide bonds. The molecule has 74 valence electrons. The van der Waals surface area contributed by atoms with Gasteiger partial charge in [0.15, 0.2) is 11.6 Å². The maximum Gasteiger partial charge on any atom is 0.407 e. The van der Waals surface area contributed by atoms with Crippen molar-refractivity contribution in [2.24, 2.45) is 0 Å². The Kier molecular flexibility index (Phi) is 2.07. The number of nitrogens with one attached hydrogen (secondary N) is 1. The fraction of sp³-hybridized carbons (Fsp3) is 0.222. The zero-order valence-electron chi connectivity index (χ0n) is 7.09. The summed E-state index contributed by atoms with van der Waals surface area (Å²) in [5.74, 6) is -1.87. The van der Waals surface area contributed by atoms with Crippen LogP contribution >= 0.6 is 0 Å². The Morgan fingerprint density at radius 1 is 1.43 bits per heavy atom. The average molecular weight is 199 g/mol. The molecule has 1 atom stereocenters. The largest absolute Gasteiger partial charge is 0.447 e. The number of carbonyl (C=O) groups excluding carboxylic acids is 1. The molecule has 0 bridgehead atoms. The highest BCUT2D eigenvalue weighted by atomic mass is 19.2. The highest BCUT2D eigenvalue weighted by Crippen LogP contribution is 2.22. The van der Waals surface area contributed by atoms with E-state index >= 15 is 0 Å². The van der Waals surface area contributed by atoms with Crippen LogP contribution in [0.2, 0.25) is 0 Å². The molecule has 14 heavy (non-hydrogen) atoms. The third-order valence-electron chi connectivity index (χ3n) is 2.03. The van der Waals surface area contributed by atoms with Crippen LogP contribution in [-0.4, -0.2) is 12.7 Å². The molecule has 0 spiro atoms. The molecule has 5 heteroatoms. The van der Waals surface area contributed by atoms with Gasteiger partial charge in [0.2, 0.25) is 0 Å². The number of hydrogen-bond acceptors (Lipinski definition) is 2. The zero-order chi connectivity index (χ0) is 10.1. The minimum absolute atomic E-state index is 0.0270. The van der Waals surface area contributed by atoms with E-state index in [1.54, 1.807) is 0 Å². The lowest BCUT2D eigenvalue weighted by atomic mass is 10.1. The number of ether oxygens (including phenoxy) is 1. The van der Waals surface area contributed by atoms with E-state index in [0.29, 0.717) is 0 Å². The molecule has 0 aliphatic carbocycles. The number of alkyl carbamates (subject to hydrolysis) is 1. The topological polar surface area (TPSA) is 38.3 Å². The lowest BCUT2D eigenvalue weighted by Crippen LogP contribution is -2.19. The zero-order valence-corrected chi connectivity index (χ0v) is 7.09. The molecule has 1 aliphatic rings. The van der Waals surface area contributed by atoms with Crippen molar-refractivity contribution < 1.29 is 18.3 Å². The van der Waals surface area contributed by atoms with Crippen molar-refractivity contribution in [1.82, 2.24) is 5.32 Å². The van der Waals surface area contributed by atoms with Crippen molar-refractivity contribution in [1.29, 1.82) is 0 Å². The molecule has 1 aliphatic heterocycles. The van der Waals surface area contributed by atoms with Crippen LogP contribution < -0.4 is 5.32 Å². The molecule has 1 fully saturated rings. The van der Waals surface area contributed by atoms with Gasteiger partial charge >= 0.3 is 6.09 Å². The highest BCUT2D eigenvalue weighted by Gasteiger charge is 2.26. The Balaban J connectivity index is 2.32. The van der Waals surface area contributed by atoms with E-state index < -0.39 is 23.8 Å². The predicted molar refractivity (Wildman–Crippen MR) is 43.6 cm³/mol. The summed E-state index contributed by atoms with van der Waals surface area (Å²) in [4.78, 5) is 10.7. The first-order valence-corrected chi connectivity index (χ1v) is 4.05. The van der Waals surface area contributed by atoms with E-state index in [1.165, 1.54) is 12.1 Å². The fourth-order valence-corrected chi connectivity index (χ4v) is 1.34. The minimum atomic E-state index is -0.941. The lowest BCUT2D eigenvalue weighted by molar-refractivity contribution is 0.176. The molecule has 2 rings (SSSR count). The molecule has 1 N–H and O–H groups in total. The normalized spacial score (nSPS) is 20.4. The van der Waals surface area contributed by atoms with Gasteiger partial charge in [-0.2, -0.15) is 0 Å². The first kappa shape index (κ1) is 8.93. The SMILES string of the molecule is O=C1NC(c2cccc(F)c2F)CO1. The van der Waals surface area contributed by atoms with Crippen LogP contribution in [0.1, 0.15) is 11.6 Å². The van der Waals surface area contributed by atoms with Crippen molar-refractivity contribution in [3.05, 3.63) is 35.4 Å². The van der Waals surface area contributed by atoms with Crippen LogP contribution in [0.4, 0.5) is 13.6 Å². The van der Waals surface area contributed by atoms with Gasteiger partial charge in [0.25, 0.3) is 0 Å². The van der Waals surface area contributed by atoms with Gasteiger partial charge < -0.3 is 10.1 Å². The van der Waals surface area contributed by atoms with Crippen molar-refractivity contribution in [2.45, 2.75) is 6.04 Å². The quantitative estimate of drug-likeness (QED) is 0.748. The van der Waals surface area contributed by atoms with Crippen LogP contribution in [0.15, 0.2) is 18.2 Å². The third kappa shape index (κ3) is 1.41. The molecule has 0 saturated carbocycles. The molecule has 0 aromatic heterocycles. The smallest absolute Gasteiger partial charge is 0.407 e. The second-order valence-corrected chi connectivity index (χ2v) is 2.94. The molecular formula is C9H7F2NO2. The summed E-state index contributed by atoms with van der Waals surface area (Å²) in [5.41, 5.74) is 0.107. The van der Waals surface area contributed by atoms with Crippen LogP contribution in [0.5, 0.6) is 0 Å². The van der Waals surface area contributed by atoms with Crippen molar-refractivity contribution in [2.75, 3.05) is 6.61 Å². The van der Waals surface area contributed by atoms with Crippen LogP contribution in [0.3, 0.4) is 0 Å². The van der Waals surface area contributed by atoms with E-state index in [-0.39, 0.29) is 12.2 Å². The summed E-state index contributed by atoms with van der Waals surface area (Å²) in [6, 6.07) is 3.23. The minimum Gasteiger partial charge on any atom is -0.447 e. The van der Waals surface area contributed by atoms with Crippen molar-refractivity contribution in [3.63, 3.8) is 0 Å². The highest BCUT2D eigenvalue weighted by molar-refractivity contribution is 5.70. The van der Waals surface area contributed by atoms with E-state index in [1.807, 2.05) is 0 Å². The van der Waals surface area contributed by atoms with Gasteiger partial charge in [0.05, 0.1) is 6.04 Å². The third-order valence-corrected chi connectivity index (χ3v) is 2.03. The van der Waals surface area contributed by atoms with Gasteiger partial charge in [0.1, 0.15) is 6.61 Å². The second kappa shape index (κ2) is 3.25. The molecule has 1 heterocycles. The summed E-state index contributed by atoms with van der Waals surface area (Å²) in [6.45, 7) is 0.0270. The van der Waals surface area contributed by atoms with Crippen molar-refractivity contribution >= 4 is 6.09 Å².